The van der Waals surface area contributed by atoms with Gasteiger partial charge in [0.05, 0.1) is 0 Å². The first-order valence-corrected chi connectivity index (χ1v) is 8.92. The van der Waals surface area contributed by atoms with Crippen LogP contribution < -0.4 is 0 Å². The van der Waals surface area contributed by atoms with E-state index in [4.69, 9.17) is 4.98 Å². The van der Waals surface area contributed by atoms with Gasteiger partial charge in [-0.1, -0.05) is 51.0 Å². The summed E-state index contributed by atoms with van der Waals surface area (Å²) in [5.74, 6) is 0.736. The molecule has 1 fully saturated rings. The SMILES string of the molecule is c1cc2c(nc1C1CCCCCCCCC1)CCCC2. The molecule has 1 saturated carbocycles. The van der Waals surface area contributed by atoms with Gasteiger partial charge in [-0.3, -0.25) is 4.98 Å². The molecule has 110 valence electrons. The van der Waals surface area contributed by atoms with Crippen LogP contribution in [0.5, 0.6) is 0 Å². The predicted octanol–water partition coefficient (Wildman–Crippen LogP) is 5.57. The summed E-state index contributed by atoms with van der Waals surface area (Å²) in [5, 5.41) is 0. The van der Waals surface area contributed by atoms with Gasteiger partial charge in [-0.2, -0.15) is 0 Å². The van der Waals surface area contributed by atoms with Crippen molar-refractivity contribution in [2.24, 2.45) is 0 Å². The van der Waals surface area contributed by atoms with Gasteiger partial charge < -0.3 is 0 Å². The molecule has 1 aromatic rings. The molecule has 0 unspecified atom stereocenters. The lowest BCUT2D eigenvalue weighted by Crippen LogP contribution is -2.10. The number of nitrogens with zero attached hydrogens (tertiary/aromatic N) is 1. The van der Waals surface area contributed by atoms with Crippen molar-refractivity contribution in [2.45, 2.75) is 89.4 Å². The van der Waals surface area contributed by atoms with Crippen molar-refractivity contribution in [2.75, 3.05) is 0 Å². The van der Waals surface area contributed by atoms with Crippen LogP contribution in [-0.4, -0.2) is 4.98 Å². The topological polar surface area (TPSA) is 12.9 Å². The van der Waals surface area contributed by atoms with E-state index in [1.165, 1.54) is 100 Å². The van der Waals surface area contributed by atoms with E-state index in [-0.39, 0.29) is 0 Å². The molecule has 1 nitrogen and oxygen atoms in total. The van der Waals surface area contributed by atoms with Crippen molar-refractivity contribution in [1.82, 2.24) is 4.98 Å². The Balaban J connectivity index is 1.71. The number of hydrogen-bond acceptors (Lipinski definition) is 1. The van der Waals surface area contributed by atoms with Crippen molar-refractivity contribution < 1.29 is 0 Å². The molecule has 3 rings (SSSR count). The molecular formula is C19H29N. The lowest BCUT2D eigenvalue weighted by molar-refractivity contribution is 0.455. The molecule has 1 heteroatoms. The monoisotopic (exact) mass is 271 g/mol. The number of hydrogen-bond donors (Lipinski definition) is 0. The lowest BCUT2D eigenvalue weighted by Gasteiger charge is -2.21. The molecule has 0 aliphatic heterocycles. The molecule has 1 aromatic heterocycles. The van der Waals surface area contributed by atoms with E-state index in [0.29, 0.717) is 0 Å². The molecule has 0 N–H and O–H groups in total. The van der Waals surface area contributed by atoms with Crippen LogP contribution in [0, 0.1) is 0 Å². The first-order chi connectivity index (χ1) is 9.93. The van der Waals surface area contributed by atoms with Gasteiger partial charge in [0.15, 0.2) is 0 Å². The zero-order valence-corrected chi connectivity index (χ0v) is 12.9. The summed E-state index contributed by atoms with van der Waals surface area (Å²) in [5.41, 5.74) is 4.36. The van der Waals surface area contributed by atoms with E-state index in [9.17, 15) is 0 Å². The first kappa shape index (κ1) is 14.1. The molecule has 0 amide bonds. The van der Waals surface area contributed by atoms with Crippen LogP contribution in [0.4, 0.5) is 0 Å². The fourth-order valence-electron chi connectivity index (χ4n) is 3.93. The lowest BCUT2D eigenvalue weighted by atomic mass is 9.88. The van der Waals surface area contributed by atoms with E-state index in [1.54, 1.807) is 0 Å². The Hall–Kier alpha value is -0.850. The minimum Gasteiger partial charge on any atom is -0.257 e. The van der Waals surface area contributed by atoms with E-state index in [2.05, 4.69) is 12.1 Å². The van der Waals surface area contributed by atoms with Crippen LogP contribution in [0.2, 0.25) is 0 Å². The number of aryl methyl sites for hydroxylation is 2. The third-order valence-corrected chi connectivity index (χ3v) is 5.22. The van der Waals surface area contributed by atoms with Crippen molar-refractivity contribution >= 4 is 0 Å². The van der Waals surface area contributed by atoms with Gasteiger partial charge >= 0.3 is 0 Å². The molecule has 0 aromatic carbocycles. The van der Waals surface area contributed by atoms with Gasteiger partial charge in [0.25, 0.3) is 0 Å². The Morgan fingerprint density at radius 1 is 0.700 bits per heavy atom. The standard InChI is InChI=1S/C19H29N/c1-2-4-6-10-16(11-7-5-3-1)19-15-14-17-12-8-9-13-18(17)20-19/h14-16H,1-13H2. The van der Waals surface area contributed by atoms with Crippen molar-refractivity contribution in [3.63, 3.8) is 0 Å². The smallest absolute Gasteiger partial charge is 0.0439 e. The highest BCUT2D eigenvalue weighted by atomic mass is 14.7. The maximum absolute atomic E-state index is 5.06. The number of aromatic nitrogens is 1. The summed E-state index contributed by atoms with van der Waals surface area (Å²) in [6.07, 6.45) is 17.9. The summed E-state index contributed by atoms with van der Waals surface area (Å²) in [4.78, 5) is 5.06. The van der Waals surface area contributed by atoms with Crippen LogP contribution in [0.3, 0.4) is 0 Å². The Kier molecular flexibility index (Phi) is 5.11. The van der Waals surface area contributed by atoms with Crippen LogP contribution >= 0.6 is 0 Å². The average molecular weight is 271 g/mol. The van der Waals surface area contributed by atoms with Gasteiger partial charge in [0.1, 0.15) is 0 Å². The maximum atomic E-state index is 5.06. The Morgan fingerprint density at radius 3 is 2.10 bits per heavy atom. The van der Waals surface area contributed by atoms with Crippen LogP contribution in [0.1, 0.15) is 93.5 Å². The predicted molar refractivity (Wildman–Crippen MR) is 85.2 cm³/mol. The number of fused-ring (bicyclic) bond motifs is 1. The largest absolute Gasteiger partial charge is 0.257 e. The van der Waals surface area contributed by atoms with E-state index >= 15 is 0 Å². The molecule has 20 heavy (non-hydrogen) atoms. The second-order valence-electron chi connectivity index (χ2n) is 6.80. The molecule has 0 saturated heterocycles. The zero-order valence-electron chi connectivity index (χ0n) is 12.9. The van der Waals surface area contributed by atoms with Gasteiger partial charge in [0.2, 0.25) is 0 Å². The molecule has 1 heterocycles. The average Bonchev–Trinajstić information content (AvgIpc) is 2.52. The van der Waals surface area contributed by atoms with E-state index in [0.717, 1.165) is 5.92 Å². The van der Waals surface area contributed by atoms with Crippen LogP contribution in [0.15, 0.2) is 12.1 Å². The maximum Gasteiger partial charge on any atom is 0.0439 e. The Morgan fingerprint density at radius 2 is 1.35 bits per heavy atom. The number of rotatable bonds is 1. The summed E-state index contributed by atoms with van der Waals surface area (Å²) < 4.78 is 0. The van der Waals surface area contributed by atoms with Crippen LogP contribution in [-0.2, 0) is 12.8 Å². The summed E-state index contributed by atoms with van der Waals surface area (Å²) >= 11 is 0. The zero-order chi connectivity index (χ0) is 13.6. The number of pyridine rings is 1. The van der Waals surface area contributed by atoms with Gasteiger partial charge in [0, 0.05) is 17.3 Å². The normalized spacial score (nSPS) is 22.2. The van der Waals surface area contributed by atoms with E-state index < -0.39 is 0 Å². The van der Waals surface area contributed by atoms with Crippen molar-refractivity contribution in [3.8, 4) is 0 Å². The second kappa shape index (κ2) is 7.24. The van der Waals surface area contributed by atoms with Gasteiger partial charge in [-0.15, -0.1) is 0 Å². The van der Waals surface area contributed by atoms with E-state index in [1.807, 2.05) is 0 Å². The van der Waals surface area contributed by atoms with Crippen LogP contribution in [0.25, 0.3) is 0 Å². The molecule has 0 spiro atoms. The fraction of sp³-hybridized carbons (Fsp3) is 0.737. The van der Waals surface area contributed by atoms with Gasteiger partial charge in [-0.25, -0.2) is 0 Å². The Labute approximate surface area is 124 Å². The summed E-state index contributed by atoms with van der Waals surface area (Å²) in [6.45, 7) is 0. The molecule has 2 aliphatic rings. The summed E-state index contributed by atoms with van der Waals surface area (Å²) in [7, 11) is 0. The minimum absolute atomic E-state index is 0.736. The minimum atomic E-state index is 0.736. The summed E-state index contributed by atoms with van der Waals surface area (Å²) in [6, 6.07) is 4.73. The highest BCUT2D eigenvalue weighted by Gasteiger charge is 2.17. The second-order valence-corrected chi connectivity index (χ2v) is 6.80. The first-order valence-electron chi connectivity index (χ1n) is 8.92. The molecule has 2 aliphatic carbocycles. The molecule has 0 radical (unpaired) electrons. The highest BCUT2D eigenvalue weighted by Crippen LogP contribution is 2.30. The highest BCUT2D eigenvalue weighted by molar-refractivity contribution is 5.26. The third-order valence-electron chi connectivity index (χ3n) is 5.22. The third kappa shape index (κ3) is 3.62. The molecule has 0 bridgehead atoms. The molecule has 0 atom stereocenters. The molecular weight excluding hydrogens is 242 g/mol. The Bertz CT molecular complexity index is 414. The quantitative estimate of drug-likeness (QED) is 0.651. The fourth-order valence-corrected chi connectivity index (χ4v) is 3.93. The van der Waals surface area contributed by atoms with Gasteiger partial charge in [-0.05, 0) is 50.2 Å². The van der Waals surface area contributed by atoms with Crippen molar-refractivity contribution in [1.29, 1.82) is 0 Å². The van der Waals surface area contributed by atoms with Crippen molar-refractivity contribution in [3.05, 3.63) is 29.1 Å².